The Labute approximate surface area is 309 Å². The minimum absolute atomic E-state index is 0.0330. The van der Waals surface area contributed by atoms with Gasteiger partial charge < -0.3 is 4.74 Å². The van der Waals surface area contributed by atoms with Gasteiger partial charge in [0.2, 0.25) is 10.0 Å². The van der Waals surface area contributed by atoms with Crippen LogP contribution >= 0.6 is 0 Å². The smallest absolute Gasteiger partial charge is 0.214 e. The van der Waals surface area contributed by atoms with Crippen molar-refractivity contribution < 1.29 is 13.2 Å². The monoisotopic (exact) mass is 710 g/mol. The van der Waals surface area contributed by atoms with Crippen molar-refractivity contribution in [2.45, 2.75) is 200 Å². The third kappa shape index (κ3) is 31.3. The van der Waals surface area contributed by atoms with Gasteiger partial charge in [0, 0.05) is 6.04 Å². The van der Waals surface area contributed by atoms with Crippen LogP contribution in [-0.2, 0) is 14.8 Å². The summed E-state index contributed by atoms with van der Waals surface area (Å²) >= 11 is 0. The first kappa shape index (κ1) is 52.2. The van der Waals surface area contributed by atoms with E-state index < -0.39 is 10.0 Å². The molecule has 1 N–H and O–H groups in total. The molecule has 1 aliphatic carbocycles. The van der Waals surface area contributed by atoms with Gasteiger partial charge in [-0.15, -0.1) is 6.58 Å². The van der Waals surface area contributed by atoms with E-state index in [0.717, 1.165) is 19.4 Å². The number of allylic oxidation sites excluding steroid dienone is 1. The third-order valence-corrected chi connectivity index (χ3v) is 10.8. The Balaban J connectivity index is -0.000000558. The van der Waals surface area contributed by atoms with E-state index >= 15 is 0 Å². The van der Waals surface area contributed by atoms with Crippen LogP contribution in [0.2, 0.25) is 0 Å². The number of ether oxygens (including phenoxy) is 1. The topological polar surface area (TPSA) is 55.4 Å². The van der Waals surface area contributed by atoms with Crippen LogP contribution in [-0.4, -0.2) is 32.4 Å². The molecular weight excluding hydrogens is 623 g/mol. The summed E-state index contributed by atoms with van der Waals surface area (Å²) in [6.07, 6.45) is 6.44. The summed E-state index contributed by atoms with van der Waals surface area (Å²) in [5.41, 5.74) is 4.52. The van der Waals surface area contributed by atoms with E-state index in [1.165, 1.54) is 24.0 Å². The van der Waals surface area contributed by atoms with E-state index in [1.54, 1.807) is 0 Å². The summed E-state index contributed by atoms with van der Waals surface area (Å²) in [5, 5.41) is -0.0881. The van der Waals surface area contributed by atoms with Crippen LogP contribution in [0.4, 0.5) is 0 Å². The van der Waals surface area contributed by atoms with Crippen molar-refractivity contribution in [3.05, 3.63) is 48.0 Å². The third-order valence-electron chi connectivity index (χ3n) is 8.69. The Morgan fingerprint density at radius 2 is 1.14 bits per heavy atom. The molecule has 0 aliphatic heterocycles. The van der Waals surface area contributed by atoms with Crippen LogP contribution in [0.15, 0.2) is 36.9 Å². The minimum Gasteiger partial charge on any atom is -0.378 e. The predicted octanol–water partition coefficient (Wildman–Crippen LogP) is 13.6. The summed E-state index contributed by atoms with van der Waals surface area (Å²) in [6.45, 7) is 50.6. The molecule has 0 saturated heterocycles. The highest BCUT2D eigenvalue weighted by atomic mass is 32.2. The van der Waals surface area contributed by atoms with Gasteiger partial charge in [-0.25, -0.2) is 13.1 Å². The summed E-state index contributed by atoms with van der Waals surface area (Å²) < 4.78 is 30.4. The molecule has 1 aliphatic rings. The lowest BCUT2D eigenvalue weighted by molar-refractivity contribution is 0.0142. The van der Waals surface area contributed by atoms with Crippen LogP contribution in [0.3, 0.4) is 0 Å². The van der Waals surface area contributed by atoms with Crippen LogP contribution < -0.4 is 4.72 Å². The number of rotatable bonds is 11. The fourth-order valence-corrected chi connectivity index (χ4v) is 4.86. The highest BCUT2D eigenvalue weighted by Crippen LogP contribution is 2.36. The second-order valence-electron chi connectivity index (χ2n) is 19.6. The molecule has 0 spiro atoms. The zero-order valence-corrected chi connectivity index (χ0v) is 37.5. The van der Waals surface area contributed by atoms with Gasteiger partial charge in [0.25, 0.3) is 0 Å². The van der Waals surface area contributed by atoms with Gasteiger partial charge >= 0.3 is 0 Å². The van der Waals surface area contributed by atoms with Gasteiger partial charge in [-0.05, 0) is 104 Å². The average molecular weight is 710 g/mol. The molecule has 0 aromatic heterocycles. The maximum atomic E-state index is 11.1. The molecule has 0 bridgehead atoms. The standard InChI is InChI=1S/C13H28O.C12H18.C8H18.C6H13NO2S.C5H10/c1-11(2)14-10-13(6,7)9-8-12(3,4)5;1-9(2)11-6-5-7-12(8-11)10(3)4;1-7(2,3)8(4,5)6;1-5(2)7-10(8,9)6-3-4-6;1-4-5(2)3/h11H,8-10H2,1-7H3;5-10H,1-4H3;1-6H3;5-7H,3-4H2,1-2H3;4-5H,1H2,2-3H3. The Bertz CT molecular complexity index is 1050. The Kier molecular flexibility index (Phi) is 24.9. The molecule has 0 radical (unpaired) electrons. The zero-order valence-electron chi connectivity index (χ0n) is 36.7. The Morgan fingerprint density at radius 3 is 1.39 bits per heavy atom. The largest absolute Gasteiger partial charge is 0.378 e. The lowest BCUT2D eigenvalue weighted by atomic mass is 9.71. The molecular formula is C44H87NO3S. The molecule has 0 heterocycles. The number of nitrogens with one attached hydrogen (secondary N) is 1. The molecule has 4 nitrogen and oxygen atoms in total. The van der Waals surface area contributed by atoms with E-state index in [0.29, 0.717) is 45.5 Å². The van der Waals surface area contributed by atoms with Crippen LogP contribution in [0, 0.1) is 27.6 Å². The van der Waals surface area contributed by atoms with Crippen molar-refractivity contribution >= 4 is 10.0 Å². The lowest BCUT2D eigenvalue weighted by Gasteiger charge is -2.34. The van der Waals surface area contributed by atoms with Gasteiger partial charge in [0.05, 0.1) is 18.0 Å². The fourth-order valence-electron chi connectivity index (χ4n) is 3.26. The second-order valence-corrected chi connectivity index (χ2v) is 21.6. The van der Waals surface area contributed by atoms with Crippen molar-refractivity contribution in [2.24, 2.45) is 27.6 Å². The lowest BCUT2D eigenvalue weighted by Crippen LogP contribution is -2.32. The average Bonchev–Trinajstić information content (AvgIpc) is 3.77. The van der Waals surface area contributed by atoms with Crippen LogP contribution in [0.1, 0.15) is 194 Å². The Morgan fingerprint density at radius 1 is 0.755 bits per heavy atom. The first-order valence-electron chi connectivity index (χ1n) is 19.1. The van der Waals surface area contributed by atoms with Crippen molar-refractivity contribution in [3.63, 3.8) is 0 Å². The van der Waals surface area contributed by atoms with Crippen molar-refractivity contribution in [3.8, 4) is 0 Å². The van der Waals surface area contributed by atoms with Gasteiger partial charge in [0.1, 0.15) is 0 Å². The highest BCUT2D eigenvalue weighted by molar-refractivity contribution is 7.90. The molecule has 0 unspecified atom stereocenters. The maximum Gasteiger partial charge on any atom is 0.214 e. The number of sulfonamides is 1. The van der Waals surface area contributed by atoms with Gasteiger partial charge in [-0.2, -0.15) is 0 Å². The fraction of sp³-hybridized carbons (Fsp3) is 0.818. The predicted molar refractivity (Wildman–Crippen MR) is 222 cm³/mol. The van der Waals surface area contributed by atoms with E-state index in [2.05, 4.69) is 167 Å². The summed E-state index contributed by atoms with van der Waals surface area (Å²) in [7, 11) is -2.94. The summed E-state index contributed by atoms with van der Waals surface area (Å²) in [5.74, 6) is 1.93. The normalized spacial score (nSPS) is 13.9. The van der Waals surface area contributed by atoms with Gasteiger partial charge in [-0.3, -0.25) is 0 Å². The van der Waals surface area contributed by atoms with Gasteiger partial charge in [0.15, 0.2) is 0 Å². The van der Waals surface area contributed by atoms with E-state index in [-0.39, 0.29) is 11.3 Å². The van der Waals surface area contributed by atoms with Gasteiger partial charge in [-0.1, -0.05) is 148 Å². The van der Waals surface area contributed by atoms with E-state index in [1.807, 2.05) is 19.9 Å². The molecule has 292 valence electrons. The molecule has 2 rings (SSSR count). The first-order valence-corrected chi connectivity index (χ1v) is 20.7. The molecule has 1 aromatic rings. The maximum absolute atomic E-state index is 11.1. The van der Waals surface area contributed by atoms with Crippen molar-refractivity contribution in [1.29, 1.82) is 0 Å². The Hall–Kier alpha value is -1.17. The first-order chi connectivity index (χ1) is 21.8. The molecule has 49 heavy (non-hydrogen) atoms. The number of hydrogen-bond donors (Lipinski definition) is 1. The molecule has 5 heteroatoms. The molecule has 1 saturated carbocycles. The second kappa shape index (κ2) is 23.4. The quantitative estimate of drug-likeness (QED) is 0.233. The van der Waals surface area contributed by atoms with Crippen LogP contribution in [0.25, 0.3) is 0 Å². The zero-order chi connectivity index (χ0) is 39.6. The number of benzene rings is 1. The molecule has 1 fully saturated rings. The summed E-state index contributed by atoms with van der Waals surface area (Å²) in [4.78, 5) is 0. The number of hydrogen-bond acceptors (Lipinski definition) is 3. The van der Waals surface area contributed by atoms with Crippen LogP contribution in [0.5, 0.6) is 0 Å². The van der Waals surface area contributed by atoms with Crippen molar-refractivity contribution in [2.75, 3.05) is 6.61 Å². The SMILES string of the molecule is C=CC(C)C.CC(C)(C)C(C)(C)C.CC(C)NS(=O)(=O)C1CC1.CC(C)OCC(C)(C)CCC(C)(C)C.CC(C)c1cccc(C(C)C)c1. The summed E-state index contributed by atoms with van der Waals surface area (Å²) in [6, 6.07) is 8.91. The minimum atomic E-state index is -2.94. The van der Waals surface area contributed by atoms with E-state index in [9.17, 15) is 8.42 Å². The highest BCUT2D eigenvalue weighted by Gasteiger charge is 2.35. The molecule has 0 amide bonds. The molecule has 0 atom stereocenters. The molecule has 1 aromatic carbocycles. The van der Waals surface area contributed by atoms with E-state index in [4.69, 9.17) is 4.74 Å². The van der Waals surface area contributed by atoms with Crippen molar-refractivity contribution in [1.82, 2.24) is 4.72 Å².